The Hall–Kier alpha value is -3.22. The van der Waals surface area contributed by atoms with Crippen molar-refractivity contribution >= 4 is 44.8 Å². The lowest BCUT2D eigenvalue weighted by molar-refractivity contribution is -0.129. The number of anilines is 3. The molecule has 3 aromatic rings. The van der Waals surface area contributed by atoms with Gasteiger partial charge in [0.2, 0.25) is 11.9 Å². The number of amides is 1. The molecule has 176 valence electrons. The van der Waals surface area contributed by atoms with Crippen LogP contribution >= 0.6 is 11.6 Å². The van der Waals surface area contributed by atoms with Crippen molar-refractivity contribution in [1.82, 2.24) is 24.6 Å². The molecular weight excluding hydrogens is 468 g/mol. The van der Waals surface area contributed by atoms with Crippen molar-refractivity contribution in [1.29, 1.82) is 0 Å². The second-order valence-corrected chi connectivity index (χ2v) is 10.2. The maximum absolute atomic E-state index is 11.8. The molecule has 0 fully saturated rings. The van der Waals surface area contributed by atoms with Crippen molar-refractivity contribution in [3.8, 4) is 0 Å². The molecule has 1 atom stereocenters. The molecular formula is C20H25ClN8O3S. The van der Waals surface area contributed by atoms with E-state index in [1.54, 1.807) is 44.7 Å². The molecule has 1 aromatic carbocycles. The molecule has 2 aromatic heterocycles. The van der Waals surface area contributed by atoms with E-state index >= 15 is 0 Å². The van der Waals surface area contributed by atoms with E-state index in [1.165, 1.54) is 15.8 Å². The van der Waals surface area contributed by atoms with Crippen LogP contribution in [0.5, 0.6) is 0 Å². The number of halogens is 1. The van der Waals surface area contributed by atoms with Crippen LogP contribution in [0.2, 0.25) is 5.02 Å². The number of nitrogens with zero attached hydrogens (tertiary/aromatic N) is 5. The molecule has 0 aliphatic carbocycles. The minimum absolute atomic E-state index is 0.0829. The lowest BCUT2D eigenvalue weighted by Crippen LogP contribution is -2.26. The number of likely N-dealkylation sites (N-methyl/N-ethyl adjacent to an activating group) is 1. The highest BCUT2D eigenvalue weighted by molar-refractivity contribution is 7.90. The van der Waals surface area contributed by atoms with Crippen LogP contribution in [0, 0.1) is 0 Å². The summed E-state index contributed by atoms with van der Waals surface area (Å²) in [6.45, 7) is 0.454. The van der Waals surface area contributed by atoms with Gasteiger partial charge in [-0.05, 0) is 11.1 Å². The number of carbonyl (C=O) groups is 1. The van der Waals surface area contributed by atoms with E-state index in [4.69, 9.17) is 17.3 Å². The molecule has 1 unspecified atom stereocenters. The van der Waals surface area contributed by atoms with E-state index in [-0.39, 0.29) is 18.4 Å². The van der Waals surface area contributed by atoms with E-state index in [0.717, 1.165) is 11.8 Å². The molecule has 0 saturated carbocycles. The highest BCUT2D eigenvalue weighted by Gasteiger charge is 2.18. The van der Waals surface area contributed by atoms with Gasteiger partial charge in [0.15, 0.2) is 15.7 Å². The molecule has 33 heavy (non-hydrogen) atoms. The van der Waals surface area contributed by atoms with E-state index in [9.17, 15) is 13.2 Å². The average Bonchev–Trinajstić information content (AvgIpc) is 3.19. The molecule has 0 saturated heterocycles. The zero-order chi connectivity index (χ0) is 24.2. The summed E-state index contributed by atoms with van der Waals surface area (Å²) in [6.07, 6.45) is 5.78. The van der Waals surface area contributed by atoms with Crippen LogP contribution in [0.25, 0.3) is 0 Å². The monoisotopic (exact) mass is 492 g/mol. The number of aromatic nitrogens is 4. The summed E-state index contributed by atoms with van der Waals surface area (Å²) in [5.74, 6) is 0.593. The van der Waals surface area contributed by atoms with E-state index in [1.807, 2.05) is 6.07 Å². The largest absolute Gasteiger partial charge is 0.365 e. The molecule has 0 bridgehead atoms. The van der Waals surface area contributed by atoms with Crippen LogP contribution in [0.3, 0.4) is 0 Å². The van der Waals surface area contributed by atoms with Gasteiger partial charge >= 0.3 is 0 Å². The first-order valence-corrected chi connectivity index (χ1v) is 12.2. The van der Waals surface area contributed by atoms with Gasteiger partial charge in [0, 0.05) is 33.1 Å². The lowest BCUT2D eigenvalue weighted by atomic mass is 10.1. The summed E-state index contributed by atoms with van der Waals surface area (Å²) in [6, 6.07) is 6.96. The van der Waals surface area contributed by atoms with E-state index < -0.39 is 15.2 Å². The number of hydrogen-bond acceptors (Lipinski definition) is 9. The molecule has 0 spiro atoms. The highest BCUT2D eigenvalue weighted by Crippen LogP contribution is 2.23. The number of sulfone groups is 1. The van der Waals surface area contributed by atoms with Crippen molar-refractivity contribution in [2.24, 2.45) is 5.73 Å². The summed E-state index contributed by atoms with van der Waals surface area (Å²) < 4.78 is 25.0. The first-order chi connectivity index (χ1) is 15.5. The van der Waals surface area contributed by atoms with Gasteiger partial charge in [0.1, 0.15) is 16.9 Å². The van der Waals surface area contributed by atoms with Gasteiger partial charge < -0.3 is 21.3 Å². The number of benzene rings is 1. The first kappa shape index (κ1) is 24.4. The van der Waals surface area contributed by atoms with Crippen molar-refractivity contribution < 1.29 is 13.2 Å². The molecule has 0 radical (unpaired) electrons. The van der Waals surface area contributed by atoms with Crippen molar-refractivity contribution in [3.63, 3.8) is 0 Å². The van der Waals surface area contributed by atoms with Crippen LogP contribution in [0.4, 0.5) is 17.5 Å². The molecule has 0 aliphatic rings. The first-order valence-electron chi connectivity index (χ1n) is 9.82. The second kappa shape index (κ2) is 10.1. The predicted molar refractivity (Wildman–Crippen MR) is 127 cm³/mol. The van der Waals surface area contributed by atoms with Crippen LogP contribution < -0.4 is 16.4 Å². The molecule has 4 N–H and O–H groups in total. The minimum Gasteiger partial charge on any atom is -0.365 e. The normalized spacial score (nSPS) is 12.3. The molecule has 2 heterocycles. The highest BCUT2D eigenvalue weighted by atomic mass is 35.5. The van der Waals surface area contributed by atoms with Gasteiger partial charge in [0.05, 0.1) is 18.1 Å². The summed E-state index contributed by atoms with van der Waals surface area (Å²) >= 11 is 6.22. The Bertz CT molecular complexity index is 1250. The minimum atomic E-state index is -3.41. The number of nitrogens with two attached hydrogens (primary N) is 1. The van der Waals surface area contributed by atoms with Crippen molar-refractivity contribution in [2.75, 3.05) is 31.0 Å². The maximum atomic E-state index is 11.8. The molecule has 3 rings (SSSR count). The maximum Gasteiger partial charge on any atom is 0.243 e. The third kappa shape index (κ3) is 6.63. The Balaban J connectivity index is 1.68. The van der Waals surface area contributed by atoms with Gasteiger partial charge in [-0.15, -0.1) is 0 Å². The Morgan fingerprint density at radius 1 is 1.30 bits per heavy atom. The molecule has 0 aliphatic heterocycles. The fourth-order valence-corrected chi connectivity index (χ4v) is 3.59. The Morgan fingerprint density at radius 3 is 2.76 bits per heavy atom. The zero-order valence-corrected chi connectivity index (χ0v) is 19.9. The number of carbonyl (C=O) groups excluding carboxylic acids is 1. The lowest BCUT2D eigenvalue weighted by Gasteiger charge is -2.13. The Morgan fingerprint density at radius 2 is 2.06 bits per heavy atom. The van der Waals surface area contributed by atoms with Crippen LogP contribution in [-0.4, -0.2) is 59.3 Å². The van der Waals surface area contributed by atoms with Gasteiger partial charge in [-0.1, -0.05) is 35.9 Å². The third-order valence-electron chi connectivity index (χ3n) is 4.63. The van der Waals surface area contributed by atoms with Crippen molar-refractivity contribution in [3.05, 3.63) is 59.0 Å². The molecule has 1 amide bonds. The average molecular weight is 493 g/mol. The predicted octanol–water partition coefficient (Wildman–Crippen LogP) is 1.77. The standard InChI is InChI=1S/C20H25ClN8O3S/c1-28(2)17(30)12-29-11-15(9-25-29)26-20-24-10-16(21)19(27-20)23-8-13-5-4-6-14(7-13)18(22)33(3,31)32/h4-7,9-11,18H,8,12,22H2,1-3H3,(H2,23,24,26,27). The third-order valence-corrected chi connectivity index (χ3v) is 6.10. The Kier molecular flexibility index (Phi) is 7.51. The number of rotatable bonds is 9. The van der Waals surface area contributed by atoms with Crippen LogP contribution in [0.15, 0.2) is 42.9 Å². The Labute approximate surface area is 196 Å². The van der Waals surface area contributed by atoms with Crippen molar-refractivity contribution in [2.45, 2.75) is 18.5 Å². The summed E-state index contributed by atoms with van der Waals surface area (Å²) in [4.78, 5) is 21.8. The molecule has 11 nitrogen and oxygen atoms in total. The fraction of sp³-hybridized carbons (Fsp3) is 0.300. The summed E-state index contributed by atoms with van der Waals surface area (Å²) in [5, 5.41) is 9.51. The zero-order valence-electron chi connectivity index (χ0n) is 18.4. The van der Waals surface area contributed by atoms with Crippen LogP contribution in [0.1, 0.15) is 16.5 Å². The van der Waals surface area contributed by atoms with Gasteiger partial charge in [-0.25, -0.2) is 13.4 Å². The summed E-state index contributed by atoms with van der Waals surface area (Å²) in [5.41, 5.74) is 7.74. The second-order valence-electron chi connectivity index (χ2n) is 7.58. The fourth-order valence-electron chi connectivity index (χ4n) is 2.79. The van der Waals surface area contributed by atoms with Crippen LogP contribution in [-0.2, 0) is 27.7 Å². The van der Waals surface area contributed by atoms with Gasteiger partial charge in [0.25, 0.3) is 0 Å². The molecule has 13 heteroatoms. The smallest absolute Gasteiger partial charge is 0.243 e. The number of nitrogens with one attached hydrogen (secondary N) is 2. The number of hydrogen-bond donors (Lipinski definition) is 3. The van der Waals surface area contributed by atoms with Gasteiger partial charge in [-0.3, -0.25) is 9.48 Å². The quantitative estimate of drug-likeness (QED) is 0.406. The van der Waals surface area contributed by atoms with E-state index in [2.05, 4.69) is 25.7 Å². The van der Waals surface area contributed by atoms with Gasteiger partial charge in [-0.2, -0.15) is 10.1 Å². The summed E-state index contributed by atoms with van der Waals surface area (Å²) in [7, 11) is -0.0558. The van der Waals surface area contributed by atoms with E-state index in [0.29, 0.717) is 28.6 Å². The SMILES string of the molecule is CN(C)C(=O)Cn1cc(Nc2ncc(Cl)c(NCc3cccc(C(N)S(C)(=O)=O)c3)n2)cn1. The topological polar surface area (TPSA) is 148 Å².